The van der Waals surface area contributed by atoms with E-state index in [2.05, 4.69) is 69.7 Å². The van der Waals surface area contributed by atoms with Gasteiger partial charge in [0.15, 0.2) is 5.82 Å². The van der Waals surface area contributed by atoms with Gasteiger partial charge in [-0.15, -0.1) is 0 Å². The fraction of sp³-hybridized carbons (Fsp3) is 0.423. The number of benzene rings is 2. The third-order valence-corrected chi connectivity index (χ3v) is 7.00. The molecule has 0 radical (unpaired) electrons. The summed E-state index contributed by atoms with van der Waals surface area (Å²) in [5.41, 5.74) is 3.36. The van der Waals surface area contributed by atoms with Crippen molar-refractivity contribution in [2.24, 2.45) is 5.92 Å². The molecule has 1 aliphatic carbocycles. The average molecular weight is 431 g/mol. The topological polar surface area (TPSA) is 71.3 Å². The molecule has 32 heavy (non-hydrogen) atoms. The standard InChI is InChI=1S/C26H30N4O2/c1-18-8-10-20(11-9-18)12-24(31)28-23-13-22-16-30(15-21-6-4-3-5-7-21)17-26(22,14-23)25-27-19(2)29-32-25/h3-11,22-23H,12-17H2,1-2H3,(H,28,31)/t22-,23+,26-/m0/s1. The highest BCUT2D eigenvalue weighted by molar-refractivity contribution is 5.79. The predicted octanol–water partition coefficient (Wildman–Crippen LogP) is 3.58. The first-order valence-corrected chi connectivity index (χ1v) is 11.4. The molecular weight excluding hydrogens is 400 g/mol. The van der Waals surface area contributed by atoms with Crippen molar-refractivity contribution in [2.75, 3.05) is 13.1 Å². The average Bonchev–Trinajstić information content (AvgIpc) is 3.43. The van der Waals surface area contributed by atoms with Crippen LogP contribution in [0.15, 0.2) is 59.1 Å². The van der Waals surface area contributed by atoms with E-state index in [-0.39, 0.29) is 17.4 Å². The van der Waals surface area contributed by atoms with E-state index in [0.29, 0.717) is 18.2 Å². The summed E-state index contributed by atoms with van der Waals surface area (Å²) in [5.74, 6) is 1.86. The minimum Gasteiger partial charge on any atom is -0.353 e. The van der Waals surface area contributed by atoms with Crippen molar-refractivity contribution >= 4 is 5.91 Å². The lowest BCUT2D eigenvalue weighted by Crippen LogP contribution is -2.38. The molecule has 3 atom stereocenters. The molecule has 1 N–H and O–H groups in total. The van der Waals surface area contributed by atoms with Gasteiger partial charge in [-0.1, -0.05) is 65.3 Å². The van der Waals surface area contributed by atoms with Gasteiger partial charge in [0, 0.05) is 25.7 Å². The second kappa shape index (κ2) is 8.51. The molecule has 1 aromatic heterocycles. The summed E-state index contributed by atoms with van der Waals surface area (Å²) in [6.07, 6.45) is 2.19. The third-order valence-electron chi connectivity index (χ3n) is 7.00. The van der Waals surface area contributed by atoms with Gasteiger partial charge in [0.2, 0.25) is 11.8 Å². The van der Waals surface area contributed by atoms with Crippen LogP contribution in [-0.2, 0) is 23.2 Å². The van der Waals surface area contributed by atoms with Gasteiger partial charge in [-0.2, -0.15) is 4.98 Å². The number of fused-ring (bicyclic) bond motifs is 1. The predicted molar refractivity (Wildman–Crippen MR) is 122 cm³/mol. The van der Waals surface area contributed by atoms with Crippen molar-refractivity contribution in [3.05, 3.63) is 83.0 Å². The van der Waals surface area contributed by atoms with Crippen molar-refractivity contribution in [3.8, 4) is 0 Å². The molecule has 5 rings (SSSR count). The molecular formula is C26H30N4O2. The highest BCUT2D eigenvalue weighted by Gasteiger charge is 2.57. The molecule has 6 heteroatoms. The second-order valence-electron chi connectivity index (χ2n) is 9.52. The Hall–Kier alpha value is -2.99. The SMILES string of the molecule is Cc1ccc(CC(=O)N[C@@H]2C[C@H]3CN(Cc4ccccc4)C[C@@]3(c3nc(C)no3)C2)cc1. The van der Waals surface area contributed by atoms with Crippen LogP contribution in [0.25, 0.3) is 0 Å². The lowest BCUT2D eigenvalue weighted by atomic mass is 9.80. The van der Waals surface area contributed by atoms with Gasteiger partial charge in [0.1, 0.15) is 0 Å². The first-order valence-electron chi connectivity index (χ1n) is 11.4. The summed E-state index contributed by atoms with van der Waals surface area (Å²) < 4.78 is 5.71. The number of nitrogens with one attached hydrogen (secondary N) is 1. The lowest BCUT2D eigenvalue weighted by Gasteiger charge is -2.25. The minimum absolute atomic E-state index is 0.0804. The molecule has 2 fully saturated rings. The summed E-state index contributed by atoms with van der Waals surface area (Å²) in [6.45, 7) is 6.68. The van der Waals surface area contributed by atoms with E-state index in [9.17, 15) is 4.79 Å². The van der Waals surface area contributed by atoms with Crippen LogP contribution in [0.5, 0.6) is 0 Å². The Balaban J connectivity index is 1.29. The van der Waals surface area contributed by atoms with Crippen molar-refractivity contribution in [3.63, 3.8) is 0 Å². The molecule has 2 heterocycles. The van der Waals surface area contributed by atoms with Crippen molar-refractivity contribution in [1.29, 1.82) is 0 Å². The van der Waals surface area contributed by atoms with Crippen LogP contribution >= 0.6 is 0 Å². The highest BCUT2D eigenvalue weighted by Crippen LogP contribution is 2.50. The van der Waals surface area contributed by atoms with Gasteiger partial charge < -0.3 is 9.84 Å². The van der Waals surface area contributed by atoms with Crippen molar-refractivity contribution < 1.29 is 9.32 Å². The maximum absolute atomic E-state index is 12.8. The van der Waals surface area contributed by atoms with Gasteiger partial charge in [0.25, 0.3) is 0 Å². The maximum atomic E-state index is 12.8. The summed E-state index contributed by atoms with van der Waals surface area (Å²) in [4.78, 5) is 19.9. The second-order valence-corrected chi connectivity index (χ2v) is 9.52. The quantitative estimate of drug-likeness (QED) is 0.647. The maximum Gasteiger partial charge on any atom is 0.234 e. The molecule has 1 saturated heterocycles. The number of likely N-dealkylation sites (tertiary alicyclic amines) is 1. The van der Waals surface area contributed by atoms with Crippen LogP contribution in [0.3, 0.4) is 0 Å². The molecule has 1 saturated carbocycles. The fourth-order valence-electron chi connectivity index (χ4n) is 5.55. The Morgan fingerprint density at radius 1 is 1.12 bits per heavy atom. The number of nitrogens with zero attached hydrogens (tertiary/aromatic N) is 3. The van der Waals surface area contributed by atoms with Crippen LogP contribution in [0.4, 0.5) is 0 Å². The van der Waals surface area contributed by atoms with Gasteiger partial charge in [0.05, 0.1) is 11.8 Å². The summed E-state index contributed by atoms with van der Waals surface area (Å²) in [7, 11) is 0. The first kappa shape index (κ1) is 20.9. The number of hydrogen-bond donors (Lipinski definition) is 1. The fourth-order valence-corrected chi connectivity index (χ4v) is 5.55. The Labute approximate surface area is 189 Å². The number of aromatic nitrogens is 2. The van der Waals surface area contributed by atoms with Crippen LogP contribution in [0, 0.1) is 19.8 Å². The molecule has 0 spiro atoms. The van der Waals surface area contributed by atoms with Crippen LogP contribution in [-0.4, -0.2) is 40.1 Å². The number of carbonyl (C=O) groups excluding carboxylic acids is 1. The van der Waals surface area contributed by atoms with Crippen molar-refractivity contribution in [1.82, 2.24) is 20.4 Å². The van der Waals surface area contributed by atoms with Gasteiger partial charge in [-0.3, -0.25) is 9.69 Å². The molecule has 2 aliphatic rings. The Morgan fingerprint density at radius 3 is 2.62 bits per heavy atom. The van der Waals surface area contributed by atoms with E-state index in [1.54, 1.807) is 0 Å². The van der Waals surface area contributed by atoms with Crippen LogP contribution < -0.4 is 5.32 Å². The van der Waals surface area contributed by atoms with Crippen LogP contribution in [0.2, 0.25) is 0 Å². The van der Waals surface area contributed by atoms with Crippen molar-refractivity contribution in [2.45, 2.75) is 51.1 Å². The molecule has 2 aromatic carbocycles. The number of aryl methyl sites for hydroxylation is 2. The van der Waals surface area contributed by atoms with E-state index in [4.69, 9.17) is 4.52 Å². The first-order chi connectivity index (χ1) is 15.5. The lowest BCUT2D eigenvalue weighted by molar-refractivity contribution is -0.121. The Kier molecular flexibility index (Phi) is 5.55. The zero-order chi connectivity index (χ0) is 22.1. The number of carbonyl (C=O) groups is 1. The smallest absolute Gasteiger partial charge is 0.234 e. The number of rotatable bonds is 6. The van der Waals surface area contributed by atoms with Gasteiger partial charge >= 0.3 is 0 Å². The van der Waals surface area contributed by atoms with E-state index >= 15 is 0 Å². The number of hydrogen-bond acceptors (Lipinski definition) is 5. The summed E-state index contributed by atoms with van der Waals surface area (Å²) in [5, 5.41) is 7.37. The van der Waals surface area contributed by atoms with Crippen LogP contribution in [0.1, 0.15) is 41.2 Å². The van der Waals surface area contributed by atoms with E-state index in [1.807, 2.05) is 19.1 Å². The zero-order valence-electron chi connectivity index (χ0n) is 18.8. The molecule has 6 nitrogen and oxygen atoms in total. The molecule has 1 amide bonds. The summed E-state index contributed by atoms with van der Waals surface area (Å²) >= 11 is 0. The van der Waals surface area contributed by atoms with E-state index in [0.717, 1.165) is 43.9 Å². The molecule has 1 aliphatic heterocycles. The van der Waals surface area contributed by atoms with E-state index < -0.39 is 0 Å². The highest BCUT2D eigenvalue weighted by atomic mass is 16.5. The molecule has 0 unspecified atom stereocenters. The molecule has 0 bridgehead atoms. The van der Waals surface area contributed by atoms with E-state index in [1.165, 1.54) is 11.1 Å². The largest absolute Gasteiger partial charge is 0.353 e. The molecule has 3 aromatic rings. The minimum atomic E-state index is -0.197. The normalized spacial score (nSPS) is 25.1. The molecule has 166 valence electrons. The summed E-state index contributed by atoms with van der Waals surface area (Å²) in [6, 6.07) is 18.9. The third kappa shape index (κ3) is 4.19. The monoisotopic (exact) mass is 430 g/mol. The Morgan fingerprint density at radius 2 is 1.91 bits per heavy atom. The number of amides is 1. The zero-order valence-corrected chi connectivity index (χ0v) is 18.8. The van der Waals surface area contributed by atoms with Gasteiger partial charge in [-0.05, 0) is 43.7 Å². The Bertz CT molecular complexity index is 1080. The van der Waals surface area contributed by atoms with Gasteiger partial charge in [-0.25, -0.2) is 0 Å².